The molecule has 0 amide bonds. The topological polar surface area (TPSA) is 17.1 Å². The Morgan fingerprint density at radius 2 is 1.36 bits per heavy atom. The highest BCUT2D eigenvalue weighted by Gasteiger charge is 1.83. The molecule has 0 radical (unpaired) electrons. The maximum atomic E-state index is 10.00. The Kier molecular flexibility index (Phi) is 11.4. The van der Waals surface area contributed by atoms with Crippen molar-refractivity contribution in [3.8, 4) is 0 Å². The van der Waals surface area contributed by atoms with Crippen LogP contribution in [0.15, 0.2) is 24.3 Å². The molecule has 0 aliphatic carbocycles. The van der Waals surface area contributed by atoms with Crippen LogP contribution in [0.4, 0.5) is 0 Å². The Morgan fingerprint density at radius 3 is 1.93 bits per heavy atom. The van der Waals surface area contributed by atoms with E-state index in [9.17, 15) is 4.79 Å². The largest absolute Gasteiger partial charge is 0.303 e. The van der Waals surface area contributed by atoms with Crippen molar-refractivity contribution in [3.05, 3.63) is 24.3 Å². The second kappa shape index (κ2) is 12.2. The van der Waals surface area contributed by atoms with Gasteiger partial charge in [-0.1, -0.05) is 31.2 Å². The maximum Gasteiger partial charge on any atom is 0.120 e. The molecule has 0 bridgehead atoms. The van der Waals surface area contributed by atoms with Gasteiger partial charge < -0.3 is 4.79 Å². The summed E-state index contributed by atoms with van der Waals surface area (Å²) in [5, 5.41) is 0. The van der Waals surface area contributed by atoms with Gasteiger partial charge in [-0.2, -0.15) is 0 Å². The van der Waals surface area contributed by atoms with E-state index in [0.717, 1.165) is 25.5 Å². The van der Waals surface area contributed by atoms with Crippen LogP contribution in [0.25, 0.3) is 0 Å². The molecule has 0 atom stereocenters. The zero-order valence-corrected chi connectivity index (χ0v) is 9.24. The van der Waals surface area contributed by atoms with E-state index < -0.39 is 0 Å². The summed E-state index contributed by atoms with van der Waals surface area (Å²) in [6.45, 7) is 2.16. The SMILES string of the molecule is CCC=CCCCCC=CCCC=O. The predicted octanol–water partition coefficient (Wildman–Crippen LogP) is 4.05. The summed E-state index contributed by atoms with van der Waals surface area (Å²) < 4.78 is 0. The van der Waals surface area contributed by atoms with Gasteiger partial charge in [-0.25, -0.2) is 0 Å². The Labute approximate surface area is 87.9 Å². The first kappa shape index (κ1) is 13.2. The van der Waals surface area contributed by atoms with Crippen molar-refractivity contribution in [3.63, 3.8) is 0 Å². The molecule has 0 saturated heterocycles. The van der Waals surface area contributed by atoms with E-state index in [4.69, 9.17) is 0 Å². The number of rotatable bonds is 9. The Balaban J connectivity index is 3.08. The molecule has 0 unspecified atom stereocenters. The van der Waals surface area contributed by atoms with E-state index in [1.54, 1.807) is 0 Å². The zero-order valence-electron chi connectivity index (χ0n) is 9.24. The minimum absolute atomic E-state index is 0.662. The summed E-state index contributed by atoms with van der Waals surface area (Å²) >= 11 is 0. The summed E-state index contributed by atoms with van der Waals surface area (Å²) in [6, 6.07) is 0. The van der Waals surface area contributed by atoms with Gasteiger partial charge in [-0.15, -0.1) is 0 Å². The quantitative estimate of drug-likeness (QED) is 0.307. The van der Waals surface area contributed by atoms with Gasteiger partial charge in [0.2, 0.25) is 0 Å². The van der Waals surface area contributed by atoms with Crippen LogP contribution in [0.5, 0.6) is 0 Å². The molecule has 1 nitrogen and oxygen atoms in total. The highest BCUT2D eigenvalue weighted by molar-refractivity contribution is 5.49. The van der Waals surface area contributed by atoms with E-state index in [1.165, 1.54) is 19.3 Å². The number of allylic oxidation sites excluding steroid dienone is 4. The fraction of sp³-hybridized carbons (Fsp3) is 0.615. The van der Waals surface area contributed by atoms with Crippen LogP contribution >= 0.6 is 0 Å². The maximum absolute atomic E-state index is 10.00. The molecule has 0 fully saturated rings. The van der Waals surface area contributed by atoms with Gasteiger partial charge in [0.1, 0.15) is 6.29 Å². The number of carbonyl (C=O) groups is 1. The summed E-state index contributed by atoms with van der Waals surface area (Å²) in [5.74, 6) is 0. The fourth-order valence-corrected chi connectivity index (χ4v) is 1.21. The van der Waals surface area contributed by atoms with Crippen molar-refractivity contribution in [2.45, 2.75) is 51.9 Å². The molecule has 0 heterocycles. The van der Waals surface area contributed by atoms with Crippen molar-refractivity contribution in [2.24, 2.45) is 0 Å². The number of hydrogen-bond acceptors (Lipinski definition) is 1. The molecule has 0 aliphatic heterocycles. The van der Waals surface area contributed by atoms with Crippen LogP contribution < -0.4 is 0 Å². The van der Waals surface area contributed by atoms with Crippen LogP contribution in [0.3, 0.4) is 0 Å². The van der Waals surface area contributed by atoms with Crippen molar-refractivity contribution in [1.82, 2.24) is 0 Å². The second-order valence-electron chi connectivity index (χ2n) is 3.38. The van der Waals surface area contributed by atoms with Gasteiger partial charge in [0.25, 0.3) is 0 Å². The molecule has 0 N–H and O–H groups in total. The van der Waals surface area contributed by atoms with Crippen molar-refractivity contribution in [1.29, 1.82) is 0 Å². The third kappa shape index (κ3) is 11.2. The van der Waals surface area contributed by atoms with Crippen LogP contribution in [0.1, 0.15) is 51.9 Å². The molecule has 0 aliphatic rings. The first-order chi connectivity index (χ1) is 6.91. The van der Waals surface area contributed by atoms with Crippen LogP contribution in [-0.2, 0) is 4.79 Å². The molecular formula is C13H22O. The third-order valence-corrected chi connectivity index (χ3v) is 2.01. The van der Waals surface area contributed by atoms with Gasteiger partial charge in [-0.3, -0.25) is 0 Å². The molecular weight excluding hydrogens is 172 g/mol. The molecule has 0 spiro atoms. The van der Waals surface area contributed by atoms with Crippen LogP contribution in [-0.4, -0.2) is 6.29 Å². The van der Waals surface area contributed by atoms with E-state index >= 15 is 0 Å². The van der Waals surface area contributed by atoms with Gasteiger partial charge in [0, 0.05) is 6.42 Å². The second-order valence-corrected chi connectivity index (χ2v) is 3.38. The molecule has 14 heavy (non-hydrogen) atoms. The summed E-state index contributed by atoms with van der Waals surface area (Å²) in [5.41, 5.74) is 0. The predicted molar refractivity (Wildman–Crippen MR) is 62.3 cm³/mol. The average Bonchev–Trinajstić information content (AvgIpc) is 2.21. The molecule has 0 aromatic rings. The van der Waals surface area contributed by atoms with Crippen molar-refractivity contribution >= 4 is 6.29 Å². The van der Waals surface area contributed by atoms with E-state index in [-0.39, 0.29) is 0 Å². The van der Waals surface area contributed by atoms with Crippen LogP contribution in [0, 0.1) is 0 Å². The minimum Gasteiger partial charge on any atom is -0.303 e. The highest BCUT2D eigenvalue weighted by Crippen LogP contribution is 2.02. The molecule has 0 saturated carbocycles. The first-order valence-electron chi connectivity index (χ1n) is 5.65. The fourth-order valence-electron chi connectivity index (χ4n) is 1.21. The highest BCUT2D eigenvalue weighted by atomic mass is 16.1. The Morgan fingerprint density at radius 1 is 0.786 bits per heavy atom. The Bertz CT molecular complexity index is 168. The molecule has 1 heteroatoms. The minimum atomic E-state index is 0.662. The number of aldehydes is 1. The van der Waals surface area contributed by atoms with E-state index in [2.05, 4.69) is 31.2 Å². The van der Waals surface area contributed by atoms with Gasteiger partial charge in [0.05, 0.1) is 0 Å². The third-order valence-electron chi connectivity index (χ3n) is 2.01. The molecule has 80 valence electrons. The van der Waals surface area contributed by atoms with Crippen LogP contribution in [0.2, 0.25) is 0 Å². The monoisotopic (exact) mass is 194 g/mol. The number of unbranched alkanes of at least 4 members (excludes halogenated alkanes) is 4. The standard InChI is InChI=1S/C13H22O/c1-2-3-4-5-6-7-8-9-10-11-12-13-14/h3-4,9-10,13H,2,5-8,11-12H2,1H3. The lowest BCUT2D eigenvalue weighted by Gasteiger charge is -1.92. The summed E-state index contributed by atoms with van der Waals surface area (Å²) in [7, 11) is 0. The Hall–Kier alpha value is -0.850. The van der Waals surface area contributed by atoms with Crippen molar-refractivity contribution in [2.75, 3.05) is 0 Å². The first-order valence-corrected chi connectivity index (χ1v) is 5.65. The van der Waals surface area contributed by atoms with Gasteiger partial charge in [-0.05, 0) is 38.5 Å². The molecule has 0 rings (SSSR count). The lowest BCUT2D eigenvalue weighted by Crippen LogP contribution is -1.74. The van der Waals surface area contributed by atoms with Gasteiger partial charge >= 0.3 is 0 Å². The number of carbonyl (C=O) groups excluding carboxylic acids is 1. The molecule has 0 aromatic heterocycles. The average molecular weight is 194 g/mol. The van der Waals surface area contributed by atoms with Gasteiger partial charge in [0.15, 0.2) is 0 Å². The summed E-state index contributed by atoms with van der Waals surface area (Å²) in [4.78, 5) is 10.00. The normalized spacial score (nSPS) is 11.5. The smallest absolute Gasteiger partial charge is 0.120 e. The molecule has 0 aromatic carbocycles. The number of hydrogen-bond donors (Lipinski definition) is 0. The van der Waals surface area contributed by atoms with E-state index in [0.29, 0.717) is 6.42 Å². The zero-order chi connectivity index (χ0) is 10.5. The summed E-state index contributed by atoms with van der Waals surface area (Å²) in [6.07, 6.45) is 17.3. The van der Waals surface area contributed by atoms with Crippen molar-refractivity contribution < 1.29 is 4.79 Å². The lowest BCUT2D eigenvalue weighted by molar-refractivity contribution is -0.107. The van der Waals surface area contributed by atoms with E-state index in [1.807, 2.05) is 0 Å². The lowest BCUT2D eigenvalue weighted by atomic mass is 10.1.